The van der Waals surface area contributed by atoms with Crippen LogP contribution in [0, 0.1) is 11.8 Å². The number of anilines is 2. The van der Waals surface area contributed by atoms with Crippen LogP contribution in [0.2, 0.25) is 0 Å². The molecule has 0 saturated heterocycles. The number of thiophene rings is 1. The van der Waals surface area contributed by atoms with Crippen LogP contribution in [0.5, 0.6) is 0 Å². The van der Waals surface area contributed by atoms with Gasteiger partial charge in [-0.15, -0.1) is 21.5 Å². The zero-order chi connectivity index (χ0) is 28.2. The average molecular weight is 532 g/mol. The van der Waals surface area contributed by atoms with E-state index < -0.39 is 19.1 Å². The summed E-state index contributed by atoms with van der Waals surface area (Å²) in [6, 6.07) is 0.841. The van der Waals surface area contributed by atoms with Crippen molar-refractivity contribution in [3.05, 3.63) is 39.0 Å². The summed E-state index contributed by atoms with van der Waals surface area (Å²) in [5.41, 5.74) is 1.03. The van der Waals surface area contributed by atoms with Crippen LogP contribution in [0.4, 0.5) is 20.5 Å². The molecule has 0 aliphatic heterocycles. The summed E-state index contributed by atoms with van der Waals surface area (Å²) in [6.07, 6.45) is 6.41. The Morgan fingerprint density at radius 3 is 2.84 bits per heavy atom. The quantitative estimate of drug-likeness (QED) is 0.334. The third-order valence-electron chi connectivity index (χ3n) is 7.59. The number of ketones is 2. The van der Waals surface area contributed by atoms with E-state index in [2.05, 4.69) is 20.6 Å². The van der Waals surface area contributed by atoms with Gasteiger partial charge in [-0.2, -0.15) is 5.10 Å². The number of aryl methyl sites for hydroxylation is 2. The molecule has 11 heteroatoms. The lowest BCUT2D eigenvalue weighted by atomic mass is 9.88. The van der Waals surface area contributed by atoms with Gasteiger partial charge in [-0.05, 0) is 50.0 Å². The highest BCUT2D eigenvalue weighted by Gasteiger charge is 2.35. The van der Waals surface area contributed by atoms with Gasteiger partial charge in [0.1, 0.15) is 23.6 Å². The number of carbonyl (C=O) groups is 2. The number of nitrogens with zero attached hydrogens (tertiary/aromatic N) is 5. The molecule has 3 heterocycles. The van der Waals surface area contributed by atoms with Gasteiger partial charge in [0.15, 0.2) is 5.78 Å². The Kier molecular flexibility index (Phi) is 5.53. The van der Waals surface area contributed by atoms with Crippen molar-refractivity contribution in [2.45, 2.75) is 76.7 Å². The molecule has 1 atom stereocenters. The Morgan fingerprint density at radius 2 is 2.11 bits per heavy atom. The molecule has 37 heavy (non-hydrogen) atoms. The van der Waals surface area contributed by atoms with Crippen molar-refractivity contribution in [2.24, 2.45) is 18.8 Å². The van der Waals surface area contributed by atoms with Crippen molar-refractivity contribution in [1.29, 1.82) is 0 Å². The smallest absolute Gasteiger partial charge is 0.282 e. The standard InChI is InChI=1S/C26H30F2N6O2S/c1-33-23(11-18(32-33)25(27)28)30-26-31-29-13-34(26)16-7-9-21-17(10-16)24(19(35)8-4-14-2-3-14)22(37-21)12-20(36)15-5-6-15/h11,13-16,25H,2-10,12H2,1H3,(H,30,31)/t16-/m0/s1/i1D3. The number of Topliss-reactive ketones (excluding diaryl/α,β-unsaturated/α-hetero) is 2. The van der Waals surface area contributed by atoms with Crippen LogP contribution in [0.15, 0.2) is 12.4 Å². The van der Waals surface area contributed by atoms with Crippen LogP contribution in [0.3, 0.4) is 0 Å². The SMILES string of the molecule is [2H]C([2H])([2H])n1nc(C(F)F)cc1Nc1nncn1[C@H]1CCc2sc(CC(=O)C3CC3)c(C(=O)CCC3CC3)c2C1. The minimum Gasteiger partial charge on any atom is -0.309 e. The Hall–Kier alpha value is -2.95. The number of aromatic nitrogens is 5. The van der Waals surface area contributed by atoms with Gasteiger partial charge >= 0.3 is 0 Å². The highest BCUT2D eigenvalue weighted by Crippen LogP contribution is 2.42. The second-order valence-electron chi connectivity index (χ2n) is 10.4. The molecule has 196 valence electrons. The van der Waals surface area contributed by atoms with Crippen LogP contribution >= 0.6 is 11.3 Å². The number of hydrogen-bond acceptors (Lipinski definition) is 7. The second kappa shape index (κ2) is 9.74. The first-order chi connectivity index (χ1) is 19.1. The molecule has 0 amide bonds. The monoisotopic (exact) mass is 531 g/mol. The van der Waals surface area contributed by atoms with Crippen LogP contribution in [-0.2, 0) is 31.0 Å². The molecule has 2 saturated carbocycles. The van der Waals surface area contributed by atoms with Gasteiger partial charge in [0.2, 0.25) is 5.95 Å². The van der Waals surface area contributed by atoms with Crippen molar-refractivity contribution < 1.29 is 22.5 Å². The summed E-state index contributed by atoms with van der Waals surface area (Å²) in [5, 5.41) is 14.5. The summed E-state index contributed by atoms with van der Waals surface area (Å²) in [7, 11) is 0. The molecular weight excluding hydrogens is 498 g/mol. The van der Waals surface area contributed by atoms with E-state index in [4.69, 9.17) is 4.11 Å². The third kappa shape index (κ3) is 5.10. The lowest BCUT2D eigenvalue weighted by molar-refractivity contribution is -0.119. The molecule has 3 aromatic rings. The van der Waals surface area contributed by atoms with E-state index in [-0.39, 0.29) is 35.3 Å². The van der Waals surface area contributed by atoms with Crippen molar-refractivity contribution in [1.82, 2.24) is 24.5 Å². The summed E-state index contributed by atoms with van der Waals surface area (Å²) in [4.78, 5) is 28.3. The molecular formula is C26H30F2N6O2S. The van der Waals surface area contributed by atoms with E-state index >= 15 is 0 Å². The van der Waals surface area contributed by atoms with Crippen molar-refractivity contribution in [3.8, 4) is 0 Å². The topological polar surface area (TPSA) is 94.7 Å². The largest absolute Gasteiger partial charge is 0.309 e. The summed E-state index contributed by atoms with van der Waals surface area (Å²) < 4.78 is 52.0. The van der Waals surface area contributed by atoms with Crippen LogP contribution in [0.1, 0.15) is 92.9 Å². The molecule has 0 radical (unpaired) electrons. The fourth-order valence-corrected chi connectivity index (χ4v) is 6.57. The van der Waals surface area contributed by atoms with E-state index in [0.29, 0.717) is 48.3 Å². The predicted molar refractivity (Wildman–Crippen MR) is 135 cm³/mol. The highest BCUT2D eigenvalue weighted by molar-refractivity contribution is 7.12. The fraction of sp³-hybridized carbons (Fsp3) is 0.577. The maximum atomic E-state index is 13.5. The lowest BCUT2D eigenvalue weighted by Crippen LogP contribution is -2.20. The number of rotatable bonds is 11. The molecule has 2 fully saturated rings. The van der Waals surface area contributed by atoms with Crippen LogP contribution in [0.25, 0.3) is 0 Å². The summed E-state index contributed by atoms with van der Waals surface area (Å²) in [6.45, 7) is -2.78. The van der Waals surface area contributed by atoms with Gasteiger partial charge in [0.25, 0.3) is 6.43 Å². The first kappa shape index (κ1) is 21.0. The Balaban J connectivity index is 1.27. The minimum absolute atomic E-state index is 0.104. The molecule has 0 spiro atoms. The maximum Gasteiger partial charge on any atom is 0.282 e. The zero-order valence-electron chi connectivity index (χ0n) is 23.3. The first-order valence-corrected chi connectivity index (χ1v) is 13.6. The number of carbonyl (C=O) groups excluding carboxylic acids is 2. The number of fused-ring (bicyclic) bond motifs is 1. The molecule has 0 unspecified atom stereocenters. The van der Waals surface area contributed by atoms with Gasteiger partial charge in [-0.25, -0.2) is 8.78 Å². The number of nitrogens with one attached hydrogen (secondary N) is 1. The van der Waals surface area contributed by atoms with Gasteiger partial charge in [0.05, 0.1) is 0 Å². The minimum atomic E-state index is -2.94. The van der Waals surface area contributed by atoms with E-state index in [1.807, 2.05) is 0 Å². The van der Waals surface area contributed by atoms with E-state index in [1.54, 1.807) is 15.9 Å². The van der Waals surface area contributed by atoms with E-state index in [9.17, 15) is 18.4 Å². The molecule has 0 bridgehead atoms. The molecule has 0 aromatic carbocycles. The summed E-state index contributed by atoms with van der Waals surface area (Å²) in [5.74, 6) is 1.12. The number of alkyl halides is 2. The molecule has 1 N–H and O–H groups in total. The Morgan fingerprint density at radius 1 is 1.27 bits per heavy atom. The van der Waals surface area contributed by atoms with Gasteiger partial charge < -0.3 is 5.32 Å². The zero-order valence-corrected chi connectivity index (χ0v) is 21.1. The van der Waals surface area contributed by atoms with Gasteiger partial charge in [-0.3, -0.25) is 18.8 Å². The van der Waals surface area contributed by atoms with Crippen molar-refractivity contribution in [3.63, 3.8) is 0 Å². The molecule has 6 rings (SSSR count). The fourth-order valence-electron chi connectivity index (χ4n) is 5.19. The van der Waals surface area contributed by atoms with E-state index in [0.717, 1.165) is 40.6 Å². The third-order valence-corrected chi connectivity index (χ3v) is 8.88. The Bertz CT molecular complexity index is 1440. The van der Waals surface area contributed by atoms with Crippen molar-refractivity contribution in [2.75, 3.05) is 5.32 Å². The Labute approximate surface area is 221 Å². The molecule has 3 aromatic heterocycles. The predicted octanol–water partition coefficient (Wildman–Crippen LogP) is 5.38. The molecule has 3 aliphatic rings. The van der Waals surface area contributed by atoms with Gasteiger partial charge in [-0.1, -0.05) is 12.8 Å². The average Bonchev–Trinajstić information content (AvgIpc) is 3.80. The summed E-state index contributed by atoms with van der Waals surface area (Å²) >= 11 is 1.59. The molecule has 3 aliphatic carbocycles. The first-order valence-electron chi connectivity index (χ1n) is 14.3. The van der Waals surface area contributed by atoms with Crippen LogP contribution < -0.4 is 5.32 Å². The number of halogens is 2. The maximum absolute atomic E-state index is 13.5. The normalized spacial score (nSPS) is 20.8. The van der Waals surface area contributed by atoms with Gasteiger partial charge in [0, 0.05) is 57.3 Å². The van der Waals surface area contributed by atoms with E-state index in [1.165, 1.54) is 19.2 Å². The van der Waals surface area contributed by atoms with Crippen LogP contribution in [-0.4, -0.2) is 36.1 Å². The lowest BCUT2D eigenvalue weighted by Gasteiger charge is -2.25. The van der Waals surface area contributed by atoms with Crippen molar-refractivity contribution >= 4 is 34.7 Å². The second-order valence-corrected chi connectivity index (χ2v) is 11.6. The molecule has 8 nitrogen and oxygen atoms in total. The highest BCUT2D eigenvalue weighted by atomic mass is 32.1. The number of hydrogen-bond donors (Lipinski definition) is 1.